The molecule has 8 heterocycles. The number of halogens is 2. The first-order chi connectivity index (χ1) is 29.4. The molecule has 18 nitrogen and oxygen atoms in total. The number of imidazole rings is 1. The Morgan fingerprint density at radius 3 is 2.61 bits per heavy atom. The molecule has 4 aliphatic heterocycles. The Balaban J connectivity index is 1.11. The highest BCUT2D eigenvalue weighted by molar-refractivity contribution is 5.94. The van der Waals surface area contributed by atoms with Gasteiger partial charge in [0, 0.05) is 56.5 Å². The Labute approximate surface area is 346 Å². The third kappa shape index (κ3) is 7.12. The number of aliphatic hydroxyl groups excluding tert-OH is 1. The molecule has 3 fully saturated rings. The number of benzene rings is 2. The van der Waals surface area contributed by atoms with Crippen molar-refractivity contribution in [3.05, 3.63) is 72.2 Å². The first-order valence-corrected chi connectivity index (χ1v) is 20.3. The number of carbonyl (C=O) groups is 1. The molecule has 61 heavy (non-hydrogen) atoms. The van der Waals surface area contributed by atoms with Gasteiger partial charge in [0.1, 0.15) is 40.8 Å². The fraction of sp³-hybridized carbons (Fsp3) is 0.415. The van der Waals surface area contributed by atoms with Gasteiger partial charge < -0.3 is 54.5 Å². The smallest absolute Gasteiger partial charge is 0.414 e. The van der Waals surface area contributed by atoms with Gasteiger partial charge in [-0.25, -0.2) is 23.4 Å². The summed E-state index contributed by atoms with van der Waals surface area (Å²) in [5.41, 5.74) is 2.69. The molecule has 4 unspecified atom stereocenters. The van der Waals surface area contributed by atoms with Crippen LogP contribution in [-0.4, -0.2) is 135 Å². The standard InChI is InChI=1S/C41H43F2N11O7/c1-22-45-31-14-24(43)13-28-30-5-2-6-35(47-30)46-25-16-33(39(56)50(10-4-12-55)9-3-11-51(22)36(28)31)52(19-25)37-29-18-44-54(32-8-7-23(42)15-34(32)61-41(57,58)59)38(29)49-40(48-37)53-26-17-27(53)21-60-20-26/h2,5-8,13-15,18,25-27,33,55,57-59H,3-4,9-12,16-17,19-21H2,1H3,(H,46,47). The molecule has 0 spiro atoms. The van der Waals surface area contributed by atoms with Crippen LogP contribution in [0, 0.1) is 18.6 Å². The van der Waals surface area contributed by atoms with E-state index in [1.807, 2.05) is 34.6 Å². The van der Waals surface area contributed by atoms with Crippen molar-refractivity contribution in [1.82, 2.24) is 39.2 Å². The summed E-state index contributed by atoms with van der Waals surface area (Å²) in [6, 6.07) is 10.6. The molecule has 0 aliphatic carbocycles. The number of anilines is 3. The second-order valence-corrected chi connectivity index (χ2v) is 16.0. The summed E-state index contributed by atoms with van der Waals surface area (Å²) in [4.78, 5) is 40.6. The maximum Gasteiger partial charge on any atom is 0.453 e. The third-order valence-corrected chi connectivity index (χ3v) is 11.9. The number of ether oxygens (including phenoxy) is 2. The minimum atomic E-state index is -3.63. The van der Waals surface area contributed by atoms with Crippen molar-refractivity contribution in [2.45, 2.75) is 69.5 Å². The van der Waals surface area contributed by atoms with Crippen LogP contribution in [-0.2, 0) is 16.1 Å². The average Bonchev–Trinajstić information content (AvgIpc) is 3.93. The third-order valence-electron chi connectivity index (χ3n) is 11.9. The Bertz CT molecular complexity index is 2660. The molecule has 4 aromatic heterocycles. The van der Waals surface area contributed by atoms with Gasteiger partial charge in [-0.05, 0) is 62.9 Å². The summed E-state index contributed by atoms with van der Waals surface area (Å²) in [5.74, 6) is 0.157. The summed E-state index contributed by atoms with van der Waals surface area (Å²) in [5, 5.41) is 47.7. The van der Waals surface area contributed by atoms with E-state index in [1.165, 1.54) is 29.1 Å². The van der Waals surface area contributed by atoms with Crippen LogP contribution in [0.15, 0.2) is 54.7 Å². The second kappa shape index (κ2) is 15.1. The molecule has 318 valence electrons. The van der Waals surface area contributed by atoms with Crippen LogP contribution in [0.4, 0.5) is 26.4 Å². The first-order valence-electron chi connectivity index (χ1n) is 20.3. The van der Waals surface area contributed by atoms with Gasteiger partial charge in [0.05, 0.1) is 53.6 Å². The predicted octanol–water partition coefficient (Wildman–Crippen LogP) is 2.43. The summed E-state index contributed by atoms with van der Waals surface area (Å²) >= 11 is 0. The minimum absolute atomic E-state index is 0.000741. The number of pyridine rings is 1. The van der Waals surface area contributed by atoms with Gasteiger partial charge in [0.15, 0.2) is 11.4 Å². The number of amides is 1. The van der Waals surface area contributed by atoms with Gasteiger partial charge in [0.2, 0.25) is 11.9 Å². The SMILES string of the molecule is Cc1nc2cc(F)cc3c2n1CCCN(CCCO)C(=O)C1CC(CN1c1nc(N2C4COCC2C4)nc2c1cnn2-c1ccc(F)cc1OC(O)(O)O)Nc1cccc-3n1. The van der Waals surface area contributed by atoms with Crippen LogP contribution < -0.4 is 19.9 Å². The maximum absolute atomic E-state index is 15.1. The molecule has 1 amide bonds. The zero-order valence-electron chi connectivity index (χ0n) is 33.0. The fourth-order valence-corrected chi connectivity index (χ4v) is 9.28. The van der Waals surface area contributed by atoms with Crippen LogP contribution >= 0.6 is 0 Å². The number of nitrogens with one attached hydrogen (secondary N) is 1. The molecule has 5 N–H and O–H groups in total. The lowest BCUT2D eigenvalue weighted by molar-refractivity contribution is -0.419. The van der Waals surface area contributed by atoms with Gasteiger partial charge in [-0.1, -0.05) is 6.07 Å². The molecule has 0 radical (unpaired) electrons. The van der Waals surface area contributed by atoms with Crippen LogP contribution in [0.2, 0.25) is 0 Å². The van der Waals surface area contributed by atoms with Crippen molar-refractivity contribution in [3.8, 4) is 22.7 Å². The monoisotopic (exact) mass is 839 g/mol. The molecule has 20 heteroatoms. The molecule has 4 aliphatic rings. The average molecular weight is 840 g/mol. The van der Waals surface area contributed by atoms with Crippen molar-refractivity contribution < 1.29 is 43.5 Å². The highest BCUT2D eigenvalue weighted by Gasteiger charge is 2.46. The summed E-state index contributed by atoms with van der Waals surface area (Å²) < 4.78 is 43.7. The van der Waals surface area contributed by atoms with E-state index < -0.39 is 29.6 Å². The topological polar surface area (TPSA) is 213 Å². The summed E-state index contributed by atoms with van der Waals surface area (Å²) in [6.07, 6.45) is -0.00171. The molecular weight excluding hydrogens is 797 g/mol. The predicted molar refractivity (Wildman–Crippen MR) is 216 cm³/mol. The van der Waals surface area contributed by atoms with Crippen molar-refractivity contribution >= 4 is 45.6 Å². The molecular formula is C41H43F2N11O7. The van der Waals surface area contributed by atoms with Crippen LogP contribution in [0.3, 0.4) is 0 Å². The van der Waals surface area contributed by atoms with E-state index in [1.54, 1.807) is 4.90 Å². The van der Waals surface area contributed by atoms with E-state index in [-0.39, 0.29) is 48.5 Å². The quantitative estimate of drug-likeness (QED) is 0.139. The Morgan fingerprint density at radius 2 is 1.82 bits per heavy atom. The normalized spacial score (nSPS) is 21.7. The molecule has 2 aromatic carbocycles. The van der Waals surface area contributed by atoms with E-state index in [2.05, 4.69) is 20.3 Å². The van der Waals surface area contributed by atoms with Crippen LogP contribution in [0.1, 0.15) is 31.5 Å². The zero-order valence-corrected chi connectivity index (χ0v) is 33.0. The van der Waals surface area contributed by atoms with Gasteiger partial charge >= 0.3 is 6.16 Å². The number of hydrogen-bond donors (Lipinski definition) is 5. The highest BCUT2D eigenvalue weighted by Crippen LogP contribution is 2.40. The number of aryl methyl sites for hydroxylation is 2. The van der Waals surface area contributed by atoms with Crippen molar-refractivity contribution in [1.29, 1.82) is 0 Å². The van der Waals surface area contributed by atoms with Crippen molar-refractivity contribution in [3.63, 3.8) is 0 Å². The van der Waals surface area contributed by atoms with Gasteiger partial charge in [-0.15, -0.1) is 0 Å². The molecule has 0 saturated carbocycles. The minimum Gasteiger partial charge on any atom is -0.414 e. The van der Waals surface area contributed by atoms with Gasteiger partial charge in [-0.3, -0.25) is 4.79 Å². The lowest BCUT2D eigenvalue weighted by Crippen LogP contribution is -2.64. The van der Waals surface area contributed by atoms with E-state index in [0.717, 1.165) is 24.1 Å². The molecule has 6 aromatic rings. The summed E-state index contributed by atoms with van der Waals surface area (Å²) in [7, 11) is 0. The van der Waals surface area contributed by atoms with Crippen LogP contribution in [0.5, 0.6) is 5.75 Å². The molecule has 10 rings (SSSR count). The molecule has 6 bridgehead atoms. The number of aliphatic hydroxyl groups is 4. The number of fused-ring (bicyclic) bond motifs is 8. The molecule has 4 atom stereocenters. The van der Waals surface area contributed by atoms with Crippen LogP contribution in [0.25, 0.3) is 39.0 Å². The Kier molecular flexibility index (Phi) is 9.70. The largest absolute Gasteiger partial charge is 0.453 e. The van der Waals surface area contributed by atoms with E-state index in [4.69, 9.17) is 24.4 Å². The zero-order chi connectivity index (χ0) is 42.2. The maximum atomic E-state index is 15.1. The lowest BCUT2D eigenvalue weighted by Gasteiger charge is -2.52. The number of rotatable bonds is 8. The molecule has 3 saturated heterocycles. The van der Waals surface area contributed by atoms with Crippen molar-refractivity contribution in [2.75, 3.05) is 54.6 Å². The number of aromatic nitrogens is 7. The Hall–Kier alpha value is -6.06. The van der Waals surface area contributed by atoms with E-state index >= 15 is 9.18 Å². The second-order valence-electron chi connectivity index (χ2n) is 16.0. The van der Waals surface area contributed by atoms with E-state index in [9.17, 15) is 24.8 Å². The fourth-order valence-electron chi connectivity index (χ4n) is 9.28. The van der Waals surface area contributed by atoms with E-state index in [0.29, 0.717) is 97.7 Å². The number of morpholine rings is 1. The van der Waals surface area contributed by atoms with Gasteiger partial charge in [-0.2, -0.15) is 15.1 Å². The lowest BCUT2D eigenvalue weighted by atomic mass is 9.92. The van der Waals surface area contributed by atoms with Gasteiger partial charge in [0.25, 0.3) is 0 Å². The Morgan fingerprint density at radius 1 is 0.984 bits per heavy atom. The highest BCUT2D eigenvalue weighted by atomic mass is 19.1. The number of carbonyl (C=O) groups excluding carboxylic acids is 1. The number of nitrogens with zero attached hydrogens (tertiary/aromatic N) is 10. The first kappa shape index (κ1) is 39.1. The number of hydrogen-bond acceptors (Lipinski definition) is 15. The van der Waals surface area contributed by atoms with Crippen molar-refractivity contribution in [2.24, 2.45) is 0 Å². The summed E-state index contributed by atoms with van der Waals surface area (Å²) in [6.45, 7) is 4.12.